The maximum Gasteiger partial charge on any atom is 0.189 e. The lowest BCUT2D eigenvalue weighted by Crippen LogP contribution is -2.32. The third-order valence-electron chi connectivity index (χ3n) is 2.16. The third kappa shape index (κ3) is 3.42. The zero-order valence-corrected chi connectivity index (χ0v) is 10.0. The Morgan fingerprint density at radius 1 is 1.56 bits per heavy atom. The monoisotopic (exact) mass is 222 g/mol. The molecule has 0 aromatic carbocycles. The number of hydrogen-bond donors (Lipinski definition) is 2. The van der Waals surface area contributed by atoms with Crippen molar-refractivity contribution in [3.63, 3.8) is 0 Å². The Bertz CT molecular complexity index is 387. The molecule has 3 N–H and O–H groups in total. The fraction of sp³-hybridized carbons (Fsp3) is 0.455. The summed E-state index contributed by atoms with van der Waals surface area (Å²) in [5.74, 6) is 1.19. The van der Waals surface area contributed by atoms with Gasteiger partial charge in [0.15, 0.2) is 5.96 Å². The molecular weight excluding hydrogens is 204 g/mol. The zero-order chi connectivity index (χ0) is 12.1. The quantitative estimate of drug-likeness (QED) is 0.457. The second-order valence-electron chi connectivity index (χ2n) is 3.81. The van der Waals surface area contributed by atoms with Crippen LogP contribution in [-0.4, -0.2) is 17.7 Å². The van der Waals surface area contributed by atoms with Gasteiger partial charge >= 0.3 is 0 Å². The summed E-state index contributed by atoms with van der Waals surface area (Å²) >= 11 is 0. The van der Waals surface area contributed by atoms with Crippen LogP contribution < -0.4 is 11.1 Å². The van der Waals surface area contributed by atoms with Gasteiger partial charge in [-0.1, -0.05) is 17.3 Å². The van der Waals surface area contributed by atoms with Gasteiger partial charge in [0.1, 0.15) is 5.76 Å². The van der Waals surface area contributed by atoms with Gasteiger partial charge in [0.2, 0.25) is 0 Å². The molecule has 1 aromatic heterocycles. The van der Waals surface area contributed by atoms with E-state index in [0.29, 0.717) is 19.0 Å². The van der Waals surface area contributed by atoms with Crippen molar-refractivity contribution in [3.8, 4) is 0 Å². The number of nitrogens with two attached hydrogens (primary N) is 1. The minimum absolute atomic E-state index is 0.406. The summed E-state index contributed by atoms with van der Waals surface area (Å²) < 4.78 is 5.03. The van der Waals surface area contributed by atoms with Gasteiger partial charge < -0.3 is 15.6 Å². The molecule has 0 unspecified atom stereocenters. The van der Waals surface area contributed by atoms with E-state index in [4.69, 9.17) is 10.3 Å². The predicted molar refractivity (Wildman–Crippen MR) is 64.1 cm³/mol. The van der Waals surface area contributed by atoms with Gasteiger partial charge in [-0.25, -0.2) is 4.99 Å². The molecule has 88 valence electrons. The van der Waals surface area contributed by atoms with Crippen LogP contribution in [0.15, 0.2) is 21.7 Å². The second kappa shape index (κ2) is 5.34. The molecule has 0 radical (unpaired) electrons. The molecule has 0 aliphatic heterocycles. The van der Waals surface area contributed by atoms with Crippen LogP contribution in [0.3, 0.4) is 0 Å². The molecule has 0 saturated heterocycles. The van der Waals surface area contributed by atoms with E-state index in [0.717, 1.165) is 22.6 Å². The molecule has 16 heavy (non-hydrogen) atoms. The molecule has 5 heteroatoms. The summed E-state index contributed by atoms with van der Waals surface area (Å²) in [6.45, 7) is 10.6. The summed E-state index contributed by atoms with van der Waals surface area (Å²) in [6.07, 6.45) is 0. The van der Waals surface area contributed by atoms with Crippen molar-refractivity contribution in [2.45, 2.75) is 27.3 Å². The summed E-state index contributed by atoms with van der Waals surface area (Å²) in [7, 11) is 0. The van der Waals surface area contributed by atoms with Crippen molar-refractivity contribution in [2.75, 3.05) is 6.54 Å². The lowest BCUT2D eigenvalue weighted by Gasteiger charge is -2.04. The molecule has 1 heterocycles. The fourth-order valence-electron chi connectivity index (χ4n) is 1.19. The van der Waals surface area contributed by atoms with Crippen LogP contribution in [0.2, 0.25) is 0 Å². The average Bonchev–Trinajstić information content (AvgIpc) is 2.53. The molecule has 0 fully saturated rings. The van der Waals surface area contributed by atoms with Crippen LogP contribution in [0.25, 0.3) is 0 Å². The van der Waals surface area contributed by atoms with Crippen molar-refractivity contribution in [1.82, 2.24) is 10.5 Å². The number of nitrogens with one attached hydrogen (secondary N) is 1. The summed E-state index contributed by atoms with van der Waals surface area (Å²) in [5.41, 5.74) is 8.54. The number of hydrogen-bond acceptors (Lipinski definition) is 3. The first-order valence-electron chi connectivity index (χ1n) is 5.10. The molecule has 0 spiro atoms. The number of aliphatic imine (C=N–C) groups is 1. The van der Waals surface area contributed by atoms with Gasteiger partial charge in [-0.05, 0) is 20.8 Å². The van der Waals surface area contributed by atoms with Crippen LogP contribution in [0.5, 0.6) is 0 Å². The summed E-state index contributed by atoms with van der Waals surface area (Å²) in [4.78, 5) is 4.20. The molecule has 0 aliphatic carbocycles. The smallest absolute Gasteiger partial charge is 0.189 e. The van der Waals surface area contributed by atoms with Crippen LogP contribution in [0.4, 0.5) is 0 Å². The van der Waals surface area contributed by atoms with Crippen LogP contribution in [0, 0.1) is 13.8 Å². The van der Waals surface area contributed by atoms with Crippen LogP contribution in [0.1, 0.15) is 23.9 Å². The van der Waals surface area contributed by atoms with E-state index >= 15 is 0 Å². The van der Waals surface area contributed by atoms with E-state index in [1.165, 1.54) is 0 Å². The Balaban J connectivity index is 2.55. The van der Waals surface area contributed by atoms with E-state index in [-0.39, 0.29) is 0 Å². The lowest BCUT2D eigenvalue weighted by atomic mass is 10.2. The van der Waals surface area contributed by atoms with Gasteiger partial charge in [0.25, 0.3) is 0 Å². The van der Waals surface area contributed by atoms with Gasteiger partial charge in [-0.15, -0.1) is 0 Å². The maximum atomic E-state index is 5.69. The highest BCUT2D eigenvalue weighted by Gasteiger charge is 2.07. The molecule has 0 saturated carbocycles. The average molecular weight is 222 g/mol. The van der Waals surface area contributed by atoms with Crippen LogP contribution >= 0.6 is 0 Å². The number of rotatable bonds is 4. The Morgan fingerprint density at radius 3 is 2.75 bits per heavy atom. The van der Waals surface area contributed by atoms with Crippen molar-refractivity contribution >= 4 is 5.96 Å². The molecule has 5 nitrogen and oxygen atoms in total. The maximum absolute atomic E-state index is 5.69. The first-order valence-corrected chi connectivity index (χ1v) is 5.10. The zero-order valence-electron chi connectivity index (χ0n) is 10.0. The normalized spacial score (nSPS) is 11.6. The number of aryl methyl sites for hydroxylation is 2. The van der Waals surface area contributed by atoms with Gasteiger partial charge in [0.05, 0.1) is 12.2 Å². The Morgan fingerprint density at radius 2 is 2.25 bits per heavy atom. The van der Waals surface area contributed by atoms with Crippen molar-refractivity contribution in [2.24, 2.45) is 10.7 Å². The molecule has 0 atom stereocenters. The fourth-order valence-corrected chi connectivity index (χ4v) is 1.19. The Hall–Kier alpha value is -1.78. The van der Waals surface area contributed by atoms with Crippen molar-refractivity contribution in [3.05, 3.63) is 29.2 Å². The van der Waals surface area contributed by atoms with Crippen LogP contribution in [-0.2, 0) is 6.54 Å². The third-order valence-corrected chi connectivity index (χ3v) is 2.16. The first-order chi connectivity index (χ1) is 7.50. The van der Waals surface area contributed by atoms with E-state index in [2.05, 4.69) is 22.0 Å². The molecular formula is C11H18N4O. The van der Waals surface area contributed by atoms with Crippen molar-refractivity contribution in [1.29, 1.82) is 0 Å². The Kier molecular flexibility index (Phi) is 4.10. The van der Waals surface area contributed by atoms with E-state index in [1.54, 1.807) is 0 Å². The molecule has 1 aromatic rings. The van der Waals surface area contributed by atoms with E-state index < -0.39 is 0 Å². The number of nitrogens with zero attached hydrogens (tertiary/aromatic N) is 2. The second-order valence-corrected chi connectivity index (χ2v) is 3.81. The first kappa shape index (κ1) is 12.3. The van der Waals surface area contributed by atoms with Gasteiger partial charge in [0, 0.05) is 12.1 Å². The highest BCUT2D eigenvalue weighted by atomic mass is 16.5. The molecule has 0 amide bonds. The summed E-state index contributed by atoms with van der Waals surface area (Å²) in [5, 5.41) is 6.81. The Labute approximate surface area is 95.4 Å². The lowest BCUT2D eigenvalue weighted by molar-refractivity contribution is 0.392. The SMILES string of the molecule is C=C(C)CNC(N)=NCc1c(C)noc1C. The minimum atomic E-state index is 0.406. The molecule has 0 aliphatic rings. The van der Waals surface area contributed by atoms with Crippen molar-refractivity contribution < 1.29 is 4.52 Å². The van der Waals surface area contributed by atoms with Gasteiger partial charge in [-0.3, -0.25) is 0 Å². The standard InChI is InChI=1S/C11H18N4O/c1-7(2)5-13-11(12)14-6-10-8(3)15-16-9(10)4/h1,5-6H2,2-4H3,(H3,12,13,14). The largest absolute Gasteiger partial charge is 0.370 e. The topological polar surface area (TPSA) is 76.4 Å². The summed E-state index contributed by atoms with van der Waals surface area (Å²) in [6, 6.07) is 0. The minimum Gasteiger partial charge on any atom is -0.370 e. The molecule has 1 rings (SSSR count). The molecule has 0 bridgehead atoms. The van der Waals surface area contributed by atoms with E-state index in [1.807, 2.05) is 20.8 Å². The van der Waals surface area contributed by atoms with E-state index in [9.17, 15) is 0 Å². The highest BCUT2D eigenvalue weighted by Crippen LogP contribution is 2.12. The number of guanidine groups is 1. The highest BCUT2D eigenvalue weighted by molar-refractivity contribution is 5.78. The number of aromatic nitrogens is 1. The van der Waals surface area contributed by atoms with Gasteiger partial charge in [-0.2, -0.15) is 0 Å². The predicted octanol–water partition coefficient (Wildman–Crippen LogP) is 1.27.